The Labute approximate surface area is 132 Å². The molecule has 0 aromatic heterocycles. The van der Waals surface area contributed by atoms with Crippen molar-refractivity contribution >= 4 is 29.4 Å². The van der Waals surface area contributed by atoms with Crippen LogP contribution in [0.4, 0.5) is 0 Å². The van der Waals surface area contributed by atoms with E-state index in [1.807, 2.05) is 36.4 Å². The Bertz CT molecular complexity index is 686. The SMILES string of the molecule is [2H]C([2H])(N=CC1(c2ccccc2)CC1(Cl)Cl)c1ccccc1. The average Bonchev–Trinajstić information content (AvgIpc) is 3.10. The molecule has 1 nitrogen and oxygen atoms in total. The minimum Gasteiger partial charge on any atom is -0.292 e. The van der Waals surface area contributed by atoms with Crippen molar-refractivity contribution in [3.05, 3.63) is 71.8 Å². The minimum absolute atomic E-state index is 0.504. The average molecular weight is 306 g/mol. The fourth-order valence-corrected chi connectivity index (χ4v) is 3.04. The van der Waals surface area contributed by atoms with Gasteiger partial charge in [-0.1, -0.05) is 60.7 Å². The van der Waals surface area contributed by atoms with E-state index in [0.29, 0.717) is 12.0 Å². The number of halogens is 2. The maximum absolute atomic E-state index is 8.15. The summed E-state index contributed by atoms with van der Waals surface area (Å²) in [5.41, 5.74) is 0.830. The fourth-order valence-electron chi connectivity index (χ4n) is 2.30. The molecule has 3 rings (SSSR count). The number of rotatable bonds is 4. The molecule has 0 radical (unpaired) electrons. The van der Waals surface area contributed by atoms with E-state index in [2.05, 4.69) is 4.99 Å². The first-order valence-electron chi connectivity index (χ1n) is 7.43. The van der Waals surface area contributed by atoms with Crippen molar-refractivity contribution in [1.29, 1.82) is 0 Å². The predicted octanol–water partition coefficient (Wildman–Crippen LogP) is 4.77. The van der Waals surface area contributed by atoms with E-state index in [1.54, 1.807) is 30.5 Å². The molecule has 1 atom stereocenters. The minimum atomic E-state index is -1.81. The van der Waals surface area contributed by atoms with Crippen molar-refractivity contribution in [2.24, 2.45) is 4.99 Å². The molecule has 0 N–H and O–H groups in total. The first kappa shape index (κ1) is 11.4. The summed E-state index contributed by atoms with van der Waals surface area (Å²) in [6.45, 7) is -1.81. The summed E-state index contributed by atoms with van der Waals surface area (Å²) in [4.78, 5) is 4.17. The Balaban J connectivity index is 1.93. The van der Waals surface area contributed by atoms with Crippen molar-refractivity contribution < 1.29 is 2.74 Å². The van der Waals surface area contributed by atoms with Gasteiger partial charge in [-0.3, -0.25) is 4.99 Å². The van der Waals surface area contributed by atoms with Crippen LogP contribution in [0.2, 0.25) is 0 Å². The monoisotopic (exact) mass is 305 g/mol. The first-order valence-corrected chi connectivity index (χ1v) is 7.18. The Morgan fingerprint density at radius 1 is 1.05 bits per heavy atom. The van der Waals surface area contributed by atoms with E-state index in [1.165, 1.54) is 0 Å². The maximum Gasteiger partial charge on any atom is 0.134 e. The van der Waals surface area contributed by atoms with Gasteiger partial charge in [-0.2, -0.15) is 0 Å². The molecule has 3 heteroatoms. The molecule has 0 aliphatic heterocycles. The molecule has 1 unspecified atom stereocenters. The van der Waals surface area contributed by atoms with E-state index >= 15 is 0 Å². The second kappa shape index (κ2) is 5.23. The van der Waals surface area contributed by atoms with Crippen LogP contribution in [-0.4, -0.2) is 10.5 Å². The molecule has 1 saturated carbocycles. The van der Waals surface area contributed by atoms with Crippen LogP contribution in [0.25, 0.3) is 0 Å². The largest absolute Gasteiger partial charge is 0.292 e. The first-order chi connectivity index (χ1) is 10.4. The number of nitrogens with zero attached hydrogens (tertiary/aromatic N) is 1. The third-order valence-electron chi connectivity index (χ3n) is 3.57. The molecular formula is C17H15Cl2N. The van der Waals surface area contributed by atoms with Gasteiger partial charge in [0.15, 0.2) is 0 Å². The van der Waals surface area contributed by atoms with Crippen LogP contribution < -0.4 is 0 Å². The van der Waals surface area contributed by atoms with E-state index < -0.39 is 16.2 Å². The Morgan fingerprint density at radius 2 is 1.60 bits per heavy atom. The summed E-state index contributed by atoms with van der Waals surface area (Å²) in [6.07, 6.45) is 2.11. The molecule has 0 bridgehead atoms. The molecule has 0 heterocycles. The van der Waals surface area contributed by atoms with Crippen molar-refractivity contribution in [3.63, 3.8) is 0 Å². The van der Waals surface area contributed by atoms with E-state index in [-0.39, 0.29) is 0 Å². The molecule has 0 amide bonds. The number of benzene rings is 2. The normalized spacial score (nSPS) is 26.1. The zero-order chi connectivity index (χ0) is 15.8. The molecular weight excluding hydrogens is 289 g/mol. The molecule has 0 spiro atoms. The number of hydrogen-bond donors (Lipinski definition) is 0. The summed E-state index contributed by atoms with van der Waals surface area (Å²) in [6, 6.07) is 18.5. The highest BCUT2D eigenvalue weighted by Crippen LogP contribution is 2.63. The standard InChI is InChI=1S/C17H15Cl2N/c18-17(19)12-16(17,15-9-5-2-6-10-15)13-20-11-14-7-3-1-4-8-14/h1-10,13H,11-12H2/i11D2. The van der Waals surface area contributed by atoms with E-state index in [0.717, 1.165) is 5.56 Å². The van der Waals surface area contributed by atoms with Crippen LogP contribution in [0.1, 0.15) is 20.3 Å². The van der Waals surface area contributed by atoms with E-state index in [9.17, 15) is 0 Å². The van der Waals surface area contributed by atoms with Gasteiger partial charge in [0.2, 0.25) is 0 Å². The number of aliphatic imine (C=N–C) groups is 1. The van der Waals surface area contributed by atoms with Gasteiger partial charge in [-0.25, -0.2) is 0 Å². The van der Waals surface area contributed by atoms with Gasteiger partial charge >= 0.3 is 0 Å². The topological polar surface area (TPSA) is 12.4 Å². The zero-order valence-electron chi connectivity index (χ0n) is 12.8. The quantitative estimate of drug-likeness (QED) is 0.570. The lowest BCUT2D eigenvalue weighted by molar-refractivity contribution is 0.931. The highest BCUT2D eigenvalue weighted by Gasteiger charge is 2.66. The zero-order valence-corrected chi connectivity index (χ0v) is 12.3. The summed E-state index contributed by atoms with van der Waals surface area (Å²) < 4.78 is 15.4. The Hall–Kier alpha value is -1.31. The lowest BCUT2D eigenvalue weighted by atomic mass is 9.97. The van der Waals surface area contributed by atoms with Gasteiger partial charge in [0.05, 0.1) is 14.7 Å². The predicted molar refractivity (Wildman–Crippen MR) is 85.8 cm³/mol. The summed E-state index contributed by atoms with van der Waals surface area (Å²) >= 11 is 12.7. The molecule has 1 fully saturated rings. The molecule has 2 aromatic rings. The Kier molecular flexibility index (Phi) is 2.97. The van der Waals surface area contributed by atoms with Crippen LogP contribution >= 0.6 is 23.2 Å². The second-order valence-corrected chi connectivity index (χ2v) is 6.44. The lowest BCUT2D eigenvalue weighted by Gasteiger charge is -2.13. The molecule has 0 saturated heterocycles. The molecule has 20 heavy (non-hydrogen) atoms. The second-order valence-electron chi connectivity index (χ2n) is 4.95. The molecule has 1 aliphatic rings. The lowest BCUT2D eigenvalue weighted by Crippen LogP contribution is -2.16. The van der Waals surface area contributed by atoms with Gasteiger partial charge in [0.25, 0.3) is 0 Å². The highest BCUT2D eigenvalue weighted by molar-refractivity contribution is 6.53. The summed E-state index contributed by atoms with van der Waals surface area (Å²) in [5, 5.41) is 0. The van der Waals surface area contributed by atoms with Crippen LogP contribution in [0.15, 0.2) is 65.7 Å². The van der Waals surface area contributed by atoms with Crippen LogP contribution in [0.3, 0.4) is 0 Å². The van der Waals surface area contributed by atoms with Gasteiger partial charge in [-0.05, 0) is 17.5 Å². The van der Waals surface area contributed by atoms with Crippen molar-refractivity contribution in [2.45, 2.75) is 22.7 Å². The molecule has 102 valence electrons. The number of alkyl halides is 2. The van der Waals surface area contributed by atoms with Gasteiger partial charge < -0.3 is 0 Å². The number of hydrogen-bond acceptors (Lipinski definition) is 1. The Morgan fingerprint density at radius 3 is 2.15 bits per heavy atom. The maximum atomic E-state index is 8.15. The van der Waals surface area contributed by atoms with Gasteiger partial charge in [-0.15, -0.1) is 23.2 Å². The molecule has 1 aliphatic carbocycles. The third-order valence-corrected chi connectivity index (χ3v) is 4.51. The van der Waals surface area contributed by atoms with Crippen molar-refractivity contribution in [2.75, 3.05) is 0 Å². The van der Waals surface area contributed by atoms with Crippen LogP contribution in [-0.2, 0) is 11.9 Å². The van der Waals surface area contributed by atoms with Gasteiger partial charge in [0.1, 0.15) is 4.33 Å². The molecule has 2 aromatic carbocycles. The van der Waals surface area contributed by atoms with Crippen LogP contribution in [0.5, 0.6) is 0 Å². The van der Waals surface area contributed by atoms with Crippen molar-refractivity contribution in [3.8, 4) is 0 Å². The van der Waals surface area contributed by atoms with Gasteiger partial charge in [0, 0.05) is 6.21 Å². The third kappa shape index (κ3) is 2.48. The van der Waals surface area contributed by atoms with E-state index in [4.69, 9.17) is 25.9 Å². The van der Waals surface area contributed by atoms with Crippen LogP contribution in [0, 0.1) is 0 Å². The highest BCUT2D eigenvalue weighted by atomic mass is 35.5. The fraction of sp³-hybridized carbons (Fsp3) is 0.235. The van der Waals surface area contributed by atoms with Crippen molar-refractivity contribution in [1.82, 2.24) is 0 Å². The summed E-state index contributed by atoms with van der Waals surface area (Å²) in [7, 11) is 0. The smallest absolute Gasteiger partial charge is 0.134 e. The summed E-state index contributed by atoms with van der Waals surface area (Å²) in [5.74, 6) is 0.